The molecule has 0 bridgehead atoms. The van der Waals surface area contributed by atoms with Crippen molar-refractivity contribution < 1.29 is 82.8 Å². The Morgan fingerprint density at radius 1 is 0.881 bits per heavy atom. The normalized spacial score (nSPS) is 29.3. The number of carboxylic acids is 1. The molecule has 15 N–H and O–H groups in total. The number of nitrogens with zero attached hydrogens (tertiary/aromatic N) is 1. The van der Waals surface area contributed by atoms with Gasteiger partial charge in [0.05, 0.1) is 18.8 Å². The number of ether oxygens (including phenoxy) is 4. The SMILES string of the molecule is CO[C@H]1C(C(=O)NNC(=O)CCCCC(=O)NNC(=O)CCC(NC(=O)c2ccc(C3=CNC4N=C(N)NC(=O)C34)cc2)C(=O)O)O[C@@H](O[C@@H]2C(NC(C)=O)[C@H](C)OC(CO)[C@H]2O)C(O)[C@H]1O. The predicted molar refractivity (Wildman–Crippen MR) is 225 cm³/mol. The van der Waals surface area contributed by atoms with Gasteiger partial charge in [0.1, 0.15) is 54.7 Å². The second kappa shape index (κ2) is 23.4. The molecule has 2 fully saturated rings. The van der Waals surface area contributed by atoms with Gasteiger partial charge in [0.2, 0.25) is 29.5 Å². The average Bonchev–Trinajstić information content (AvgIpc) is 3.72. The molecule has 27 heteroatoms. The Balaban J connectivity index is 0.995. The monoisotopic (exact) mass is 948 g/mol. The van der Waals surface area contributed by atoms with Gasteiger partial charge in [0, 0.05) is 45.1 Å². The number of fused-ring (bicyclic) bond motifs is 1. The number of carboxylic acid groups (broad SMARTS) is 1. The van der Waals surface area contributed by atoms with Crippen molar-refractivity contribution in [3.8, 4) is 0 Å². The number of aliphatic carboxylic acids is 1. The van der Waals surface area contributed by atoms with Crippen molar-refractivity contribution in [2.75, 3.05) is 13.7 Å². The van der Waals surface area contributed by atoms with Crippen molar-refractivity contribution in [1.82, 2.24) is 43.0 Å². The van der Waals surface area contributed by atoms with Crippen LogP contribution in [0.5, 0.6) is 0 Å². The third kappa shape index (κ3) is 13.2. The minimum absolute atomic E-state index is 0.00610. The number of benzene rings is 1. The summed E-state index contributed by atoms with van der Waals surface area (Å²) in [6, 6.07) is 3.60. The molecule has 4 aliphatic rings. The fourth-order valence-electron chi connectivity index (χ4n) is 7.73. The second-order valence-electron chi connectivity index (χ2n) is 16.0. The molecule has 0 spiro atoms. The van der Waals surface area contributed by atoms with E-state index in [1.165, 1.54) is 19.1 Å². The molecule has 7 amide bonds. The van der Waals surface area contributed by atoms with Crippen molar-refractivity contribution in [2.24, 2.45) is 16.6 Å². The fourth-order valence-corrected chi connectivity index (χ4v) is 7.73. The number of aliphatic hydroxyl groups is 4. The lowest BCUT2D eigenvalue weighted by Crippen LogP contribution is -2.68. The van der Waals surface area contributed by atoms with E-state index in [9.17, 15) is 63.9 Å². The predicted octanol–water partition coefficient (Wildman–Crippen LogP) is -5.67. The first-order valence-corrected chi connectivity index (χ1v) is 21.2. The van der Waals surface area contributed by atoms with Gasteiger partial charge in [0.25, 0.3) is 11.8 Å². The third-order valence-electron chi connectivity index (χ3n) is 11.2. The maximum atomic E-state index is 13.2. The lowest BCUT2D eigenvalue weighted by atomic mass is 9.91. The number of carbonyl (C=O) groups is 8. The highest BCUT2D eigenvalue weighted by Gasteiger charge is 2.52. The van der Waals surface area contributed by atoms with Crippen molar-refractivity contribution >= 4 is 58.9 Å². The van der Waals surface area contributed by atoms with E-state index in [1.807, 2.05) is 0 Å². The zero-order chi connectivity index (χ0) is 49.1. The van der Waals surface area contributed by atoms with Crippen LogP contribution in [-0.2, 0) is 52.5 Å². The second-order valence-corrected chi connectivity index (χ2v) is 16.0. The number of hydrogen-bond acceptors (Lipinski definition) is 19. The highest BCUT2D eigenvalue weighted by Crippen LogP contribution is 2.33. The van der Waals surface area contributed by atoms with E-state index in [2.05, 4.69) is 48.0 Å². The largest absolute Gasteiger partial charge is 0.480 e. The Labute approximate surface area is 381 Å². The van der Waals surface area contributed by atoms with Gasteiger partial charge >= 0.3 is 5.97 Å². The van der Waals surface area contributed by atoms with E-state index in [4.69, 9.17) is 24.7 Å². The van der Waals surface area contributed by atoms with Gasteiger partial charge in [0.15, 0.2) is 18.4 Å². The average molecular weight is 949 g/mol. The maximum absolute atomic E-state index is 13.2. The van der Waals surface area contributed by atoms with Crippen molar-refractivity contribution in [3.05, 3.63) is 41.6 Å². The van der Waals surface area contributed by atoms with Crippen LogP contribution in [0.25, 0.3) is 5.57 Å². The zero-order valence-corrected chi connectivity index (χ0v) is 36.5. The summed E-state index contributed by atoms with van der Waals surface area (Å²) in [6.07, 6.45) is -13.1. The van der Waals surface area contributed by atoms with Crippen LogP contribution in [0.2, 0.25) is 0 Å². The molecule has 4 aliphatic heterocycles. The Kier molecular flexibility index (Phi) is 18.0. The summed E-state index contributed by atoms with van der Waals surface area (Å²) < 4.78 is 22.2. The number of hydrogen-bond donors (Lipinski definition) is 14. The van der Waals surface area contributed by atoms with E-state index in [0.717, 1.165) is 7.11 Å². The highest BCUT2D eigenvalue weighted by molar-refractivity contribution is 6.05. The summed E-state index contributed by atoms with van der Waals surface area (Å²) in [5.41, 5.74) is 15.6. The van der Waals surface area contributed by atoms with Crippen LogP contribution in [0, 0.1) is 5.92 Å². The Morgan fingerprint density at radius 3 is 2.10 bits per heavy atom. The Bertz CT molecular complexity index is 2070. The number of hydrazine groups is 2. The van der Waals surface area contributed by atoms with E-state index in [0.29, 0.717) is 11.1 Å². The lowest BCUT2D eigenvalue weighted by Gasteiger charge is -2.47. The Morgan fingerprint density at radius 2 is 1.51 bits per heavy atom. The van der Waals surface area contributed by atoms with Crippen molar-refractivity contribution in [2.45, 2.75) is 126 Å². The minimum Gasteiger partial charge on any atom is -0.480 e. The topological polar surface area (TPSA) is 409 Å². The number of rotatable bonds is 18. The quantitative estimate of drug-likeness (QED) is 0.0482. The molecule has 1 aromatic rings. The first-order chi connectivity index (χ1) is 31.8. The molecule has 1 aromatic carbocycles. The molecule has 27 nitrogen and oxygen atoms in total. The highest BCUT2D eigenvalue weighted by atomic mass is 16.7. The van der Waals surface area contributed by atoms with E-state index < -0.39 is 134 Å². The molecule has 4 heterocycles. The number of carbonyl (C=O) groups excluding carboxylic acids is 7. The summed E-state index contributed by atoms with van der Waals surface area (Å²) in [5.74, 6) is -6.75. The van der Waals surface area contributed by atoms with Gasteiger partial charge in [-0.3, -0.25) is 60.6 Å². The van der Waals surface area contributed by atoms with Crippen LogP contribution in [-0.4, -0.2) is 166 Å². The molecule has 368 valence electrons. The van der Waals surface area contributed by atoms with Crippen molar-refractivity contribution in [1.29, 1.82) is 0 Å². The minimum atomic E-state index is -1.83. The molecule has 2 saturated heterocycles. The van der Waals surface area contributed by atoms with Gasteiger partial charge in [-0.2, -0.15) is 0 Å². The maximum Gasteiger partial charge on any atom is 0.326 e. The summed E-state index contributed by atoms with van der Waals surface area (Å²) in [7, 11) is 1.13. The molecule has 13 atom stereocenters. The van der Waals surface area contributed by atoms with Gasteiger partial charge in [-0.15, -0.1) is 0 Å². The number of unbranched alkanes of at least 4 members (excludes halogenated alkanes) is 1. The summed E-state index contributed by atoms with van der Waals surface area (Å²) in [5, 5.41) is 62.2. The van der Waals surface area contributed by atoms with Gasteiger partial charge < -0.3 is 66.2 Å². The number of nitrogens with one attached hydrogen (secondary N) is 8. The molecule has 0 aliphatic carbocycles. The van der Waals surface area contributed by atoms with Crippen LogP contribution in [0.4, 0.5) is 0 Å². The molecule has 0 saturated carbocycles. The Hall–Kier alpha value is -6.33. The first kappa shape index (κ1) is 51.7. The number of aliphatic hydroxyl groups excluding tert-OH is 4. The summed E-state index contributed by atoms with van der Waals surface area (Å²) in [4.78, 5) is 104. The van der Waals surface area contributed by atoms with Crippen molar-refractivity contribution in [3.63, 3.8) is 0 Å². The standard InChI is InChI=1S/C40H56N10O17/c1-16-27(43-17(2)52)31(28(56)22(15-51)65-16)66-39-30(58)29(57)32(64-3)33(67-39)37(61)50-49-24(54)7-5-4-6-23(53)47-48-25(55)13-12-21(38(62)63)44-35(59)19-10-8-18(9-11-19)20-14-42-34-26(20)36(60)46-40(41)45-34/h8-11,14,16,21-22,26-34,39,42,51,56-58H,4-7,12-13,15H2,1-3H3,(H,43,52)(H,44,59)(H,47,53)(H,48,55)(H,49,54)(H,50,61)(H,62,63)(H3,41,45,46,60)/t16-,21?,22?,26?,27?,28+,29+,30?,31+,32+,33?,34?,39+/m0/s1. The number of guanidine groups is 1. The first-order valence-electron chi connectivity index (χ1n) is 21.2. The van der Waals surface area contributed by atoms with Gasteiger partial charge in [-0.05, 0) is 49.5 Å². The summed E-state index contributed by atoms with van der Waals surface area (Å²) >= 11 is 0. The zero-order valence-electron chi connectivity index (χ0n) is 36.5. The van der Waals surface area contributed by atoms with Crippen LogP contribution in [0.15, 0.2) is 35.5 Å². The smallest absolute Gasteiger partial charge is 0.326 e. The van der Waals surface area contributed by atoms with Crippen LogP contribution >= 0.6 is 0 Å². The molecule has 7 unspecified atom stereocenters. The van der Waals surface area contributed by atoms with Crippen LogP contribution < -0.4 is 48.7 Å². The number of aliphatic imine (C=N–C) groups is 1. The van der Waals surface area contributed by atoms with Gasteiger partial charge in [-0.25, -0.2) is 9.79 Å². The van der Waals surface area contributed by atoms with E-state index >= 15 is 0 Å². The van der Waals surface area contributed by atoms with Gasteiger partial charge in [-0.1, -0.05) is 12.1 Å². The number of methoxy groups -OCH3 is 1. The fraction of sp³-hybridized carbons (Fsp3) is 0.575. The molecule has 0 aromatic heterocycles. The molecule has 67 heavy (non-hydrogen) atoms. The third-order valence-corrected chi connectivity index (χ3v) is 11.2. The molecule has 0 radical (unpaired) electrons. The molecular formula is C40H56N10O17. The van der Waals surface area contributed by atoms with E-state index in [-0.39, 0.29) is 49.5 Å². The number of nitrogens with two attached hydrogens (primary N) is 1. The van der Waals surface area contributed by atoms with Crippen LogP contribution in [0.3, 0.4) is 0 Å². The van der Waals surface area contributed by atoms with Crippen LogP contribution in [0.1, 0.15) is 68.3 Å². The molecular weight excluding hydrogens is 892 g/mol. The molecule has 5 rings (SSSR count). The lowest BCUT2D eigenvalue weighted by molar-refractivity contribution is -0.325. The summed E-state index contributed by atoms with van der Waals surface area (Å²) in [6.45, 7) is 2.13. The van der Waals surface area contributed by atoms with E-state index in [1.54, 1.807) is 25.3 Å². The number of amides is 7.